The second-order valence-electron chi connectivity index (χ2n) is 3.37. The second kappa shape index (κ2) is 6.40. The highest BCUT2D eigenvalue weighted by molar-refractivity contribution is 6.17. The van der Waals surface area contributed by atoms with Gasteiger partial charge in [0.2, 0.25) is 5.91 Å². The average Bonchev–Trinajstić information content (AvgIpc) is 2.27. The molecule has 0 aliphatic heterocycles. The maximum atomic E-state index is 11.4. The molecule has 3 nitrogen and oxygen atoms in total. The lowest BCUT2D eigenvalue weighted by molar-refractivity contribution is -0.121. The van der Waals surface area contributed by atoms with E-state index in [1.807, 2.05) is 19.1 Å². The molecule has 0 aromatic carbocycles. The van der Waals surface area contributed by atoms with Crippen molar-refractivity contribution in [2.75, 3.05) is 5.88 Å². The van der Waals surface area contributed by atoms with Crippen molar-refractivity contribution in [1.29, 1.82) is 0 Å². The van der Waals surface area contributed by atoms with Crippen molar-refractivity contribution in [3.05, 3.63) is 30.1 Å². The van der Waals surface area contributed by atoms with Crippen molar-refractivity contribution in [3.8, 4) is 0 Å². The molecule has 1 aromatic heterocycles. The number of halogens is 1. The van der Waals surface area contributed by atoms with E-state index >= 15 is 0 Å². The number of hydrogen-bond acceptors (Lipinski definition) is 2. The predicted octanol–water partition coefficient (Wildman–Crippen LogP) is 2.28. The van der Waals surface area contributed by atoms with Gasteiger partial charge in [-0.25, -0.2) is 0 Å². The van der Waals surface area contributed by atoms with E-state index in [9.17, 15) is 4.79 Å². The predicted molar refractivity (Wildman–Crippen MR) is 60.7 cm³/mol. The second-order valence-corrected chi connectivity index (χ2v) is 3.75. The molecule has 4 heteroatoms. The van der Waals surface area contributed by atoms with Crippen molar-refractivity contribution in [2.45, 2.75) is 25.8 Å². The number of carbonyl (C=O) groups is 1. The first-order valence-electron chi connectivity index (χ1n) is 4.99. The van der Waals surface area contributed by atoms with Crippen LogP contribution in [0.1, 0.15) is 31.4 Å². The number of alkyl halides is 1. The lowest BCUT2D eigenvalue weighted by Crippen LogP contribution is -2.26. The summed E-state index contributed by atoms with van der Waals surface area (Å²) < 4.78 is 0. The summed E-state index contributed by atoms with van der Waals surface area (Å²) in [7, 11) is 0. The first-order valence-corrected chi connectivity index (χ1v) is 5.52. The van der Waals surface area contributed by atoms with Crippen molar-refractivity contribution in [3.63, 3.8) is 0 Å². The van der Waals surface area contributed by atoms with Gasteiger partial charge in [-0.1, -0.05) is 6.07 Å². The summed E-state index contributed by atoms with van der Waals surface area (Å²) in [5.41, 5.74) is 1.01. The summed E-state index contributed by atoms with van der Waals surface area (Å²) in [5, 5.41) is 2.89. The first kappa shape index (κ1) is 12.0. The van der Waals surface area contributed by atoms with Gasteiger partial charge in [0, 0.05) is 24.7 Å². The van der Waals surface area contributed by atoms with Crippen LogP contribution < -0.4 is 5.32 Å². The van der Waals surface area contributed by atoms with Crippen LogP contribution in [0.5, 0.6) is 0 Å². The van der Waals surface area contributed by atoms with E-state index in [0.717, 1.165) is 5.56 Å². The van der Waals surface area contributed by atoms with Gasteiger partial charge in [0.25, 0.3) is 0 Å². The van der Waals surface area contributed by atoms with E-state index in [4.69, 9.17) is 11.6 Å². The van der Waals surface area contributed by atoms with Gasteiger partial charge in [-0.3, -0.25) is 9.78 Å². The molecule has 0 radical (unpaired) electrons. The Kier molecular flexibility index (Phi) is 5.12. The van der Waals surface area contributed by atoms with Gasteiger partial charge in [-0.2, -0.15) is 0 Å². The highest BCUT2D eigenvalue weighted by Gasteiger charge is 2.08. The van der Waals surface area contributed by atoms with E-state index < -0.39 is 0 Å². The molecule has 1 rings (SSSR count). The zero-order valence-corrected chi connectivity index (χ0v) is 9.50. The molecule has 0 aliphatic carbocycles. The Hall–Kier alpha value is -1.09. The Morgan fingerprint density at radius 1 is 1.67 bits per heavy atom. The van der Waals surface area contributed by atoms with Gasteiger partial charge in [0.1, 0.15) is 0 Å². The summed E-state index contributed by atoms with van der Waals surface area (Å²) >= 11 is 5.51. The Morgan fingerprint density at radius 3 is 3.07 bits per heavy atom. The fourth-order valence-corrected chi connectivity index (χ4v) is 1.39. The molecule has 82 valence electrons. The third-order valence-corrected chi connectivity index (χ3v) is 2.37. The van der Waals surface area contributed by atoms with Crippen molar-refractivity contribution in [1.82, 2.24) is 10.3 Å². The van der Waals surface area contributed by atoms with Crippen LogP contribution in [0, 0.1) is 0 Å². The Labute approximate surface area is 94.9 Å². The first-order chi connectivity index (χ1) is 7.24. The number of rotatable bonds is 5. The number of amides is 1. The monoisotopic (exact) mass is 226 g/mol. The zero-order valence-electron chi connectivity index (χ0n) is 8.74. The molecule has 1 heterocycles. The van der Waals surface area contributed by atoms with Crippen molar-refractivity contribution in [2.24, 2.45) is 0 Å². The molecule has 0 saturated carbocycles. The van der Waals surface area contributed by atoms with Crippen LogP contribution in [0.15, 0.2) is 24.5 Å². The Balaban J connectivity index is 2.42. The van der Waals surface area contributed by atoms with Crippen molar-refractivity contribution < 1.29 is 4.79 Å². The highest BCUT2D eigenvalue weighted by Crippen LogP contribution is 2.09. The maximum absolute atomic E-state index is 11.4. The SMILES string of the molecule is CC(NC(=O)CCCCl)c1cccnc1. The fourth-order valence-electron chi connectivity index (χ4n) is 1.26. The molecule has 1 unspecified atom stereocenters. The van der Waals surface area contributed by atoms with E-state index in [1.54, 1.807) is 12.4 Å². The summed E-state index contributed by atoms with van der Waals surface area (Å²) in [6.45, 7) is 1.94. The Morgan fingerprint density at radius 2 is 2.47 bits per heavy atom. The molecule has 1 aromatic rings. The standard InChI is InChI=1S/C11H15ClN2O/c1-9(10-4-3-7-13-8-10)14-11(15)5-2-6-12/h3-4,7-9H,2,5-6H2,1H3,(H,14,15). The molecule has 1 N–H and O–H groups in total. The number of nitrogens with one attached hydrogen (secondary N) is 1. The fraction of sp³-hybridized carbons (Fsp3) is 0.455. The molecule has 0 spiro atoms. The minimum absolute atomic E-state index is 0.00141. The molecular weight excluding hydrogens is 212 g/mol. The van der Waals surface area contributed by atoms with Gasteiger partial charge >= 0.3 is 0 Å². The van der Waals surface area contributed by atoms with Crippen molar-refractivity contribution >= 4 is 17.5 Å². The number of hydrogen-bond donors (Lipinski definition) is 1. The molecule has 0 saturated heterocycles. The Bertz CT molecular complexity index is 303. The number of carbonyl (C=O) groups excluding carboxylic acids is 1. The summed E-state index contributed by atoms with van der Waals surface area (Å²) in [4.78, 5) is 15.4. The van der Waals surface area contributed by atoms with Crippen LogP contribution in [0.25, 0.3) is 0 Å². The smallest absolute Gasteiger partial charge is 0.220 e. The largest absolute Gasteiger partial charge is 0.350 e. The third kappa shape index (κ3) is 4.30. The van der Waals surface area contributed by atoms with E-state index in [0.29, 0.717) is 18.7 Å². The van der Waals surface area contributed by atoms with Gasteiger partial charge < -0.3 is 5.32 Å². The lowest BCUT2D eigenvalue weighted by atomic mass is 10.1. The summed E-state index contributed by atoms with van der Waals surface area (Å²) in [5.74, 6) is 0.557. The number of aromatic nitrogens is 1. The molecule has 0 fully saturated rings. The van der Waals surface area contributed by atoms with Crippen LogP contribution >= 0.6 is 11.6 Å². The van der Waals surface area contributed by atoms with E-state index in [-0.39, 0.29) is 11.9 Å². The molecule has 1 amide bonds. The quantitative estimate of drug-likeness (QED) is 0.783. The van der Waals surface area contributed by atoms with Gasteiger partial charge in [-0.15, -0.1) is 11.6 Å². The van der Waals surface area contributed by atoms with Crippen LogP contribution in [-0.2, 0) is 4.79 Å². The van der Waals surface area contributed by atoms with Crippen LogP contribution in [0.2, 0.25) is 0 Å². The average molecular weight is 227 g/mol. The van der Waals surface area contributed by atoms with Crippen LogP contribution in [0.4, 0.5) is 0 Å². The molecular formula is C11H15ClN2O. The molecule has 1 atom stereocenters. The van der Waals surface area contributed by atoms with Crippen LogP contribution in [-0.4, -0.2) is 16.8 Å². The normalized spacial score (nSPS) is 12.1. The maximum Gasteiger partial charge on any atom is 0.220 e. The number of pyridine rings is 1. The van der Waals surface area contributed by atoms with Gasteiger partial charge in [0.15, 0.2) is 0 Å². The van der Waals surface area contributed by atoms with E-state index in [1.165, 1.54) is 0 Å². The topological polar surface area (TPSA) is 42.0 Å². The molecule has 0 bridgehead atoms. The lowest BCUT2D eigenvalue weighted by Gasteiger charge is -2.13. The van der Waals surface area contributed by atoms with Gasteiger partial charge in [0.05, 0.1) is 6.04 Å². The third-order valence-electron chi connectivity index (χ3n) is 2.10. The summed E-state index contributed by atoms with van der Waals surface area (Å²) in [6.07, 6.45) is 4.67. The van der Waals surface area contributed by atoms with Gasteiger partial charge in [-0.05, 0) is 25.0 Å². The zero-order chi connectivity index (χ0) is 11.1. The minimum atomic E-state index is 0.00141. The van der Waals surface area contributed by atoms with Crippen LogP contribution in [0.3, 0.4) is 0 Å². The minimum Gasteiger partial charge on any atom is -0.350 e. The highest BCUT2D eigenvalue weighted by atomic mass is 35.5. The summed E-state index contributed by atoms with van der Waals surface area (Å²) in [6, 6.07) is 3.80. The van der Waals surface area contributed by atoms with E-state index in [2.05, 4.69) is 10.3 Å². The number of nitrogens with zero attached hydrogens (tertiary/aromatic N) is 1. The molecule has 0 aliphatic rings. The molecule has 15 heavy (non-hydrogen) atoms.